The lowest BCUT2D eigenvalue weighted by atomic mass is 9.99. The number of halogens is 1. The number of carbonyl (C=O) groups excluding carboxylic acids is 1. The molecule has 0 aliphatic heterocycles. The zero-order valence-electron chi connectivity index (χ0n) is 15.3. The molecule has 0 spiro atoms. The van der Waals surface area contributed by atoms with E-state index in [1.165, 1.54) is 4.57 Å². The van der Waals surface area contributed by atoms with Crippen molar-refractivity contribution in [2.45, 2.75) is 6.92 Å². The number of nitrogens with zero attached hydrogens (tertiary/aromatic N) is 1. The zero-order valence-corrected chi connectivity index (χ0v) is 16.1. The monoisotopic (exact) mass is 392 g/mol. The number of hydrogen-bond acceptors (Lipinski definition) is 3. The van der Waals surface area contributed by atoms with Crippen LogP contribution in [0.2, 0.25) is 5.02 Å². The van der Waals surface area contributed by atoms with Crippen molar-refractivity contribution in [3.05, 3.63) is 87.4 Å². The van der Waals surface area contributed by atoms with Crippen LogP contribution in [0.25, 0.3) is 22.2 Å². The van der Waals surface area contributed by atoms with Crippen LogP contribution in [-0.4, -0.2) is 10.5 Å². The second-order valence-electron chi connectivity index (χ2n) is 6.57. The van der Waals surface area contributed by atoms with Crippen LogP contribution in [0, 0.1) is 6.92 Å². The number of aryl methyl sites for hydroxylation is 2. The van der Waals surface area contributed by atoms with Gasteiger partial charge in [-0.15, -0.1) is 0 Å². The summed E-state index contributed by atoms with van der Waals surface area (Å²) in [4.78, 5) is 24.1. The van der Waals surface area contributed by atoms with Crippen molar-refractivity contribution >= 4 is 34.3 Å². The summed E-state index contributed by atoms with van der Waals surface area (Å²) in [6, 6.07) is 18.2. The van der Waals surface area contributed by atoms with Gasteiger partial charge in [-0.3, -0.25) is 9.36 Å². The van der Waals surface area contributed by atoms with Crippen molar-refractivity contribution in [3.8, 4) is 11.1 Å². The summed E-state index contributed by atoms with van der Waals surface area (Å²) >= 11 is 6.08. The maximum Gasteiger partial charge on any atom is 0.419 e. The van der Waals surface area contributed by atoms with E-state index < -0.39 is 0 Å². The Bertz CT molecular complexity index is 1250. The SMILES string of the molecule is Cc1cc2oc(=O)n(C)c2cc1-c1ccc(NC(=O)c2ccccc2Cl)cc1. The first-order chi connectivity index (χ1) is 13.4. The van der Waals surface area contributed by atoms with E-state index in [1.807, 2.05) is 43.3 Å². The van der Waals surface area contributed by atoms with E-state index in [0.717, 1.165) is 22.2 Å². The minimum atomic E-state index is -0.385. The molecular formula is C22H17ClN2O3. The summed E-state index contributed by atoms with van der Waals surface area (Å²) in [5.41, 5.74) is 5.36. The summed E-state index contributed by atoms with van der Waals surface area (Å²) in [7, 11) is 1.68. The van der Waals surface area contributed by atoms with Gasteiger partial charge < -0.3 is 9.73 Å². The second-order valence-corrected chi connectivity index (χ2v) is 6.98. The molecule has 0 fully saturated rings. The molecule has 3 aromatic carbocycles. The summed E-state index contributed by atoms with van der Waals surface area (Å²) < 4.78 is 6.72. The lowest BCUT2D eigenvalue weighted by molar-refractivity contribution is 0.102. The number of aromatic nitrogens is 1. The van der Waals surface area contributed by atoms with Crippen LogP contribution >= 0.6 is 11.6 Å². The average Bonchev–Trinajstić information content (AvgIpc) is 2.95. The standard InChI is InChI=1S/C22H17ClN2O3/c1-13-11-20-19(25(2)22(27)28-20)12-17(13)14-7-9-15(10-8-14)24-21(26)16-5-3-4-6-18(16)23/h3-12H,1-2H3,(H,24,26). The highest BCUT2D eigenvalue weighted by atomic mass is 35.5. The number of hydrogen-bond donors (Lipinski definition) is 1. The van der Waals surface area contributed by atoms with E-state index in [-0.39, 0.29) is 11.7 Å². The largest absolute Gasteiger partial charge is 0.419 e. The third-order valence-electron chi connectivity index (χ3n) is 4.71. The fourth-order valence-electron chi connectivity index (χ4n) is 3.16. The third kappa shape index (κ3) is 3.21. The van der Waals surface area contributed by atoms with Crippen molar-refractivity contribution in [3.63, 3.8) is 0 Å². The Kier molecular flexibility index (Phi) is 4.53. The summed E-state index contributed by atoms with van der Waals surface area (Å²) in [5.74, 6) is -0.645. The van der Waals surface area contributed by atoms with Gasteiger partial charge in [0.1, 0.15) is 0 Å². The first-order valence-electron chi connectivity index (χ1n) is 8.70. The number of fused-ring (bicyclic) bond motifs is 1. The van der Waals surface area contributed by atoms with Crippen LogP contribution in [0.15, 0.2) is 69.9 Å². The van der Waals surface area contributed by atoms with Crippen molar-refractivity contribution in [1.29, 1.82) is 0 Å². The average molecular weight is 393 g/mol. The van der Waals surface area contributed by atoms with Crippen LogP contribution in [0.4, 0.5) is 5.69 Å². The van der Waals surface area contributed by atoms with Gasteiger partial charge in [-0.1, -0.05) is 35.9 Å². The Morgan fingerprint density at radius 3 is 2.50 bits per heavy atom. The Morgan fingerprint density at radius 1 is 1.07 bits per heavy atom. The minimum Gasteiger partial charge on any atom is -0.408 e. The number of nitrogens with one attached hydrogen (secondary N) is 1. The predicted octanol–water partition coefficient (Wildman–Crippen LogP) is 5.01. The van der Waals surface area contributed by atoms with E-state index in [2.05, 4.69) is 5.32 Å². The first kappa shape index (κ1) is 18.1. The molecule has 6 heteroatoms. The molecule has 4 aromatic rings. The number of amides is 1. The fraction of sp³-hybridized carbons (Fsp3) is 0.0909. The lowest BCUT2D eigenvalue weighted by Gasteiger charge is -2.10. The van der Waals surface area contributed by atoms with Crippen LogP contribution in [0.5, 0.6) is 0 Å². The van der Waals surface area contributed by atoms with Crippen molar-refractivity contribution in [2.75, 3.05) is 5.32 Å². The number of carbonyl (C=O) groups is 1. The molecule has 0 aliphatic carbocycles. The Balaban J connectivity index is 1.63. The molecule has 0 aliphatic rings. The molecule has 1 N–H and O–H groups in total. The lowest BCUT2D eigenvalue weighted by Crippen LogP contribution is -2.12. The zero-order chi connectivity index (χ0) is 19.8. The van der Waals surface area contributed by atoms with Gasteiger partial charge in [0.05, 0.1) is 16.1 Å². The Hall–Kier alpha value is -3.31. The van der Waals surface area contributed by atoms with E-state index in [1.54, 1.807) is 31.3 Å². The highest BCUT2D eigenvalue weighted by molar-refractivity contribution is 6.34. The molecule has 0 atom stereocenters. The normalized spacial score (nSPS) is 11.0. The molecule has 140 valence electrons. The van der Waals surface area contributed by atoms with Crippen LogP contribution < -0.4 is 11.1 Å². The smallest absolute Gasteiger partial charge is 0.408 e. The molecule has 1 aromatic heterocycles. The van der Waals surface area contributed by atoms with Gasteiger partial charge in [-0.25, -0.2) is 4.79 Å². The molecule has 0 radical (unpaired) electrons. The molecular weight excluding hydrogens is 376 g/mol. The molecule has 1 amide bonds. The number of benzene rings is 3. The summed E-state index contributed by atoms with van der Waals surface area (Å²) in [6.45, 7) is 1.97. The second kappa shape index (κ2) is 7.02. The van der Waals surface area contributed by atoms with Gasteiger partial charge in [0.2, 0.25) is 0 Å². The topological polar surface area (TPSA) is 64.2 Å². The maximum absolute atomic E-state index is 12.4. The van der Waals surface area contributed by atoms with Gasteiger partial charge in [-0.05, 0) is 60.0 Å². The van der Waals surface area contributed by atoms with Crippen molar-refractivity contribution in [1.82, 2.24) is 4.57 Å². The van der Waals surface area contributed by atoms with E-state index in [9.17, 15) is 9.59 Å². The molecule has 28 heavy (non-hydrogen) atoms. The number of oxazole rings is 1. The van der Waals surface area contributed by atoms with Crippen molar-refractivity contribution in [2.24, 2.45) is 7.05 Å². The van der Waals surface area contributed by atoms with E-state index in [0.29, 0.717) is 21.9 Å². The van der Waals surface area contributed by atoms with Gasteiger partial charge in [0.15, 0.2) is 5.58 Å². The Morgan fingerprint density at radius 2 is 1.79 bits per heavy atom. The first-order valence-corrected chi connectivity index (χ1v) is 9.08. The predicted molar refractivity (Wildman–Crippen MR) is 111 cm³/mol. The molecule has 0 saturated carbocycles. The summed E-state index contributed by atoms with van der Waals surface area (Å²) in [6.07, 6.45) is 0. The van der Waals surface area contributed by atoms with Gasteiger partial charge in [0.25, 0.3) is 5.91 Å². The molecule has 0 saturated heterocycles. The highest BCUT2D eigenvalue weighted by Gasteiger charge is 2.12. The molecule has 0 unspecified atom stereocenters. The number of rotatable bonds is 3. The number of anilines is 1. The fourth-order valence-corrected chi connectivity index (χ4v) is 3.38. The van der Waals surface area contributed by atoms with Crippen LogP contribution in [0.3, 0.4) is 0 Å². The van der Waals surface area contributed by atoms with E-state index >= 15 is 0 Å². The van der Waals surface area contributed by atoms with Crippen molar-refractivity contribution < 1.29 is 9.21 Å². The van der Waals surface area contributed by atoms with Crippen LogP contribution in [-0.2, 0) is 7.05 Å². The maximum atomic E-state index is 12.4. The highest BCUT2D eigenvalue weighted by Crippen LogP contribution is 2.29. The molecule has 4 rings (SSSR count). The van der Waals surface area contributed by atoms with Gasteiger partial charge in [0, 0.05) is 12.7 Å². The van der Waals surface area contributed by atoms with Gasteiger partial charge >= 0.3 is 5.76 Å². The third-order valence-corrected chi connectivity index (χ3v) is 5.04. The molecule has 1 heterocycles. The summed E-state index contributed by atoms with van der Waals surface area (Å²) in [5, 5.41) is 3.26. The van der Waals surface area contributed by atoms with E-state index in [4.69, 9.17) is 16.0 Å². The Labute approximate surface area is 166 Å². The van der Waals surface area contributed by atoms with Crippen LogP contribution in [0.1, 0.15) is 15.9 Å². The molecule has 5 nitrogen and oxygen atoms in total. The quantitative estimate of drug-likeness (QED) is 0.532. The van der Waals surface area contributed by atoms with Gasteiger partial charge in [-0.2, -0.15) is 0 Å². The molecule has 0 bridgehead atoms. The minimum absolute atomic E-state index is 0.260.